The van der Waals surface area contributed by atoms with Crippen LogP contribution in [0, 0.1) is 15.3 Å². The number of quaternary nitrogens is 1. The second-order valence-electron chi connectivity index (χ2n) is 0.224. The fourth-order valence-corrected chi connectivity index (χ4v) is 0. The van der Waals surface area contributed by atoms with Crippen molar-refractivity contribution in [3.05, 3.63) is 15.3 Å². The highest BCUT2D eigenvalue weighted by Crippen LogP contribution is 1.44. The SMILES string of the molecule is CO.O=[N+]([O-])[O-].[NH4+]. The molecule has 0 saturated heterocycles. The Morgan fingerprint density at radius 1 is 1.43 bits per heavy atom. The first-order chi connectivity index (χ1) is 2.73. The smallest absolute Gasteiger partial charge is 0.0689 e. The molecule has 0 saturated carbocycles. The minimum atomic E-state index is -1.75. The van der Waals surface area contributed by atoms with Gasteiger partial charge in [-0.15, -0.1) is 0 Å². The summed E-state index contributed by atoms with van der Waals surface area (Å²) in [5.74, 6) is 0. The molecule has 0 aromatic carbocycles. The van der Waals surface area contributed by atoms with Crippen molar-refractivity contribution in [2.75, 3.05) is 7.11 Å². The first kappa shape index (κ1) is 16.5. The summed E-state index contributed by atoms with van der Waals surface area (Å²) < 4.78 is 0. The van der Waals surface area contributed by atoms with Crippen LogP contribution in [-0.4, -0.2) is 17.3 Å². The molecule has 0 unspecified atom stereocenters. The normalized spacial score (nSPS) is 4.29. The van der Waals surface area contributed by atoms with Crippen LogP contribution in [0.2, 0.25) is 0 Å². The number of nitrogens with zero attached hydrogens (tertiary/aromatic N) is 1. The zero-order valence-electron chi connectivity index (χ0n) is 4.12. The van der Waals surface area contributed by atoms with E-state index in [-0.39, 0.29) is 6.15 Å². The summed E-state index contributed by atoms with van der Waals surface area (Å²) in [4.78, 5) is 8.25. The highest BCUT2D eigenvalue weighted by Gasteiger charge is 1.45. The van der Waals surface area contributed by atoms with Gasteiger partial charge >= 0.3 is 0 Å². The summed E-state index contributed by atoms with van der Waals surface area (Å²) in [5.41, 5.74) is 0. The number of hydrogen-bond acceptors (Lipinski definition) is 4. The van der Waals surface area contributed by atoms with Crippen LogP contribution < -0.4 is 6.15 Å². The van der Waals surface area contributed by atoms with Gasteiger partial charge in [-0.3, -0.25) is 0 Å². The Bertz CT molecular complexity index is 32.7. The lowest BCUT2D eigenvalue weighted by atomic mass is 11.8. The molecule has 0 fully saturated rings. The van der Waals surface area contributed by atoms with Gasteiger partial charge in [-0.25, -0.2) is 0 Å². The van der Waals surface area contributed by atoms with Crippen molar-refractivity contribution >= 4 is 0 Å². The molecule has 7 heavy (non-hydrogen) atoms. The second-order valence-corrected chi connectivity index (χ2v) is 0.224. The van der Waals surface area contributed by atoms with Crippen molar-refractivity contribution in [2.24, 2.45) is 0 Å². The van der Waals surface area contributed by atoms with Gasteiger partial charge in [0.1, 0.15) is 0 Å². The standard InChI is InChI=1S/CH4O.NO3.H3N/c1-2;2-1(3)4;/h2H,1H3;;1H3/q;-1;/p+1. The van der Waals surface area contributed by atoms with E-state index in [9.17, 15) is 0 Å². The summed E-state index contributed by atoms with van der Waals surface area (Å²) in [6, 6.07) is 0. The Morgan fingerprint density at radius 3 is 1.43 bits per heavy atom. The lowest BCUT2D eigenvalue weighted by molar-refractivity contribution is -0.402. The molecule has 46 valence electrons. The van der Waals surface area contributed by atoms with E-state index in [1.54, 1.807) is 0 Å². The molecule has 0 aliphatic carbocycles. The summed E-state index contributed by atoms with van der Waals surface area (Å²) in [5, 5.41) is 21.8. The molecule has 6 heteroatoms. The molecule has 0 aromatic rings. The van der Waals surface area contributed by atoms with E-state index in [1.165, 1.54) is 0 Å². The second kappa shape index (κ2) is 19.3. The van der Waals surface area contributed by atoms with Crippen molar-refractivity contribution in [3.63, 3.8) is 0 Å². The topological polar surface area (TPSA) is 123 Å². The molecule has 0 atom stereocenters. The molecule has 0 spiro atoms. The molecule has 0 rings (SSSR count). The van der Waals surface area contributed by atoms with Crippen LogP contribution >= 0.6 is 0 Å². The highest BCUT2D eigenvalue weighted by atomic mass is 16.9. The lowest BCUT2D eigenvalue weighted by Crippen LogP contribution is -1.74. The van der Waals surface area contributed by atoms with Crippen LogP contribution in [-0.2, 0) is 0 Å². The van der Waals surface area contributed by atoms with Crippen molar-refractivity contribution in [2.45, 2.75) is 0 Å². The van der Waals surface area contributed by atoms with Crippen LogP contribution in [0.3, 0.4) is 0 Å². The van der Waals surface area contributed by atoms with Crippen LogP contribution in [0.4, 0.5) is 0 Å². The van der Waals surface area contributed by atoms with E-state index in [4.69, 9.17) is 20.4 Å². The maximum Gasteiger partial charge on any atom is 0.0689 e. The summed E-state index contributed by atoms with van der Waals surface area (Å²) in [7, 11) is 1.00. The van der Waals surface area contributed by atoms with E-state index in [0.717, 1.165) is 7.11 Å². The third kappa shape index (κ3) is 64.4. The van der Waals surface area contributed by atoms with Gasteiger partial charge in [0.2, 0.25) is 0 Å². The predicted octanol–water partition coefficient (Wildman–Crippen LogP) is -0.254. The van der Waals surface area contributed by atoms with Gasteiger partial charge in [0, 0.05) is 7.11 Å². The number of aliphatic hydroxyl groups is 1. The van der Waals surface area contributed by atoms with E-state index >= 15 is 0 Å². The van der Waals surface area contributed by atoms with Crippen LogP contribution in [0.25, 0.3) is 0 Å². The van der Waals surface area contributed by atoms with Crippen molar-refractivity contribution in [3.8, 4) is 0 Å². The maximum absolute atomic E-state index is 8.25. The van der Waals surface area contributed by atoms with Crippen LogP contribution in [0.1, 0.15) is 0 Å². The van der Waals surface area contributed by atoms with Gasteiger partial charge in [0.05, 0.1) is 5.09 Å². The average molecular weight is 112 g/mol. The van der Waals surface area contributed by atoms with Crippen molar-refractivity contribution < 1.29 is 10.2 Å². The Morgan fingerprint density at radius 2 is 1.43 bits per heavy atom. The molecule has 0 aliphatic heterocycles. The monoisotopic (exact) mass is 112 g/mol. The summed E-state index contributed by atoms with van der Waals surface area (Å²) in [6.45, 7) is 0. The fourth-order valence-electron chi connectivity index (χ4n) is 0. The van der Waals surface area contributed by atoms with E-state index < -0.39 is 5.09 Å². The summed E-state index contributed by atoms with van der Waals surface area (Å²) in [6.07, 6.45) is 0. The van der Waals surface area contributed by atoms with Crippen molar-refractivity contribution in [1.82, 2.24) is 6.15 Å². The first-order valence-corrected chi connectivity index (χ1v) is 0.995. The zero-order chi connectivity index (χ0) is 5.58. The Balaban J connectivity index is -0.0000000480. The van der Waals surface area contributed by atoms with Gasteiger partial charge in [-0.1, -0.05) is 0 Å². The number of rotatable bonds is 0. The van der Waals surface area contributed by atoms with Crippen LogP contribution in [0.5, 0.6) is 0 Å². The van der Waals surface area contributed by atoms with Gasteiger partial charge in [-0.2, -0.15) is 0 Å². The molecular formula is CH8N2O4. The first-order valence-electron chi connectivity index (χ1n) is 0.995. The third-order valence-corrected chi connectivity index (χ3v) is 0. The molecule has 5 N–H and O–H groups in total. The zero-order valence-corrected chi connectivity index (χ0v) is 4.12. The fraction of sp³-hybridized carbons (Fsp3) is 1.00. The van der Waals surface area contributed by atoms with E-state index in [0.29, 0.717) is 0 Å². The van der Waals surface area contributed by atoms with Crippen molar-refractivity contribution in [1.29, 1.82) is 0 Å². The number of aliphatic hydroxyl groups excluding tert-OH is 1. The van der Waals surface area contributed by atoms with E-state index in [2.05, 4.69) is 0 Å². The molecular weight excluding hydrogens is 104 g/mol. The Labute approximate surface area is 40.1 Å². The summed E-state index contributed by atoms with van der Waals surface area (Å²) >= 11 is 0. The minimum absolute atomic E-state index is 0. The third-order valence-electron chi connectivity index (χ3n) is 0. The molecule has 0 heterocycles. The van der Waals surface area contributed by atoms with E-state index in [1.807, 2.05) is 0 Å². The lowest BCUT2D eigenvalue weighted by Gasteiger charge is -1.74. The number of hydrogen-bond donors (Lipinski definition) is 2. The molecule has 0 aromatic heterocycles. The molecule has 0 radical (unpaired) electrons. The minimum Gasteiger partial charge on any atom is -0.400 e. The average Bonchev–Trinajstić information content (AvgIpc) is 1.41. The highest BCUT2D eigenvalue weighted by molar-refractivity contribution is 4.03. The molecule has 0 aliphatic rings. The molecule has 6 nitrogen and oxygen atoms in total. The Kier molecular flexibility index (Phi) is 45.5. The predicted molar refractivity (Wildman–Crippen MR) is 24.5 cm³/mol. The largest absolute Gasteiger partial charge is 0.400 e. The maximum atomic E-state index is 8.25. The van der Waals surface area contributed by atoms with Gasteiger partial charge in [0.15, 0.2) is 0 Å². The Hall–Kier alpha value is -0.880. The van der Waals surface area contributed by atoms with Crippen LogP contribution in [0.15, 0.2) is 0 Å². The molecule has 0 amide bonds. The molecule has 0 bridgehead atoms. The van der Waals surface area contributed by atoms with Gasteiger partial charge < -0.3 is 26.6 Å². The van der Waals surface area contributed by atoms with Gasteiger partial charge in [0.25, 0.3) is 0 Å². The van der Waals surface area contributed by atoms with Gasteiger partial charge in [-0.05, 0) is 0 Å². The quantitative estimate of drug-likeness (QED) is 0.331.